The van der Waals surface area contributed by atoms with E-state index < -0.39 is 21.7 Å². The number of aromatic nitrogens is 1. The van der Waals surface area contributed by atoms with Gasteiger partial charge in [0.25, 0.3) is 0 Å². The summed E-state index contributed by atoms with van der Waals surface area (Å²) in [7, 11) is -3.63. The zero-order valence-corrected chi connectivity index (χ0v) is 18.5. The third-order valence-electron chi connectivity index (χ3n) is 5.00. The zero-order chi connectivity index (χ0) is 22.2. The molecule has 2 heterocycles. The Morgan fingerprint density at radius 3 is 2.52 bits per heavy atom. The number of oxazole rings is 1. The fraction of sp³-hybridized carbons (Fsp3) is 0.300. The Labute approximate surface area is 188 Å². The summed E-state index contributed by atoms with van der Waals surface area (Å²) in [6.07, 6.45) is 1.54. The van der Waals surface area contributed by atoms with Gasteiger partial charge in [-0.3, -0.25) is 9.36 Å². The van der Waals surface area contributed by atoms with Crippen LogP contribution in [0.5, 0.6) is 5.75 Å². The second-order valence-corrected chi connectivity index (χ2v) is 9.81. The highest BCUT2D eigenvalue weighted by Crippen LogP contribution is 2.27. The van der Waals surface area contributed by atoms with Gasteiger partial charge in [0.15, 0.2) is 5.58 Å². The van der Waals surface area contributed by atoms with Crippen molar-refractivity contribution in [2.75, 3.05) is 13.1 Å². The summed E-state index contributed by atoms with van der Waals surface area (Å²) in [6, 6.07) is 8.73. The summed E-state index contributed by atoms with van der Waals surface area (Å²) in [5.74, 6) is -1.03. The molecular formula is C20H18Cl2N2O6S. The van der Waals surface area contributed by atoms with Crippen LogP contribution < -0.4 is 10.5 Å². The van der Waals surface area contributed by atoms with Gasteiger partial charge in [0, 0.05) is 31.8 Å². The van der Waals surface area contributed by atoms with Gasteiger partial charge in [-0.1, -0.05) is 23.2 Å². The van der Waals surface area contributed by atoms with Crippen LogP contribution in [0.2, 0.25) is 10.0 Å². The number of aryl methyl sites for hydroxylation is 1. The van der Waals surface area contributed by atoms with Crippen LogP contribution in [0.15, 0.2) is 50.5 Å². The molecule has 3 aromatic rings. The molecule has 1 fully saturated rings. The second-order valence-electron chi connectivity index (χ2n) is 7.06. The highest BCUT2D eigenvalue weighted by Gasteiger charge is 2.28. The summed E-state index contributed by atoms with van der Waals surface area (Å²) in [5.41, 5.74) is 0.538. The molecule has 0 bridgehead atoms. The molecule has 1 aromatic heterocycles. The number of rotatable bonds is 6. The minimum atomic E-state index is -3.63. The van der Waals surface area contributed by atoms with Crippen LogP contribution in [-0.4, -0.2) is 36.3 Å². The number of esters is 1. The average molecular weight is 485 g/mol. The lowest BCUT2D eigenvalue weighted by atomic mass is 10.3. The molecule has 0 radical (unpaired) electrons. The number of benzene rings is 2. The standard InChI is InChI=1S/C20H18Cl2N2O6S/c21-15-5-3-13(11-16(15)22)29-19(25)7-10-24-17-6-4-14(12-18(17)30-20(24)26)31(27,28)23-8-1-2-9-23/h3-6,11-12H,1-2,7-10H2. The molecule has 4 rings (SSSR count). The van der Waals surface area contributed by atoms with E-state index in [9.17, 15) is 18.0 Å². The first-order chi connectivity index (χ1) is 14.8. The van der Waals surface area contributed by atoms with Crippen molar-refractivity contribution in [2.24, 2.45) is 0 Å². The smallest absolute Gasteiger partial charge is 0.419 e. The van der Waals surface area contributed by atoms with E-state index in [4.69, 9.17) is 32.4 Å². The highest BCUT2D eigenvalue weighted by molar-refractivity contribution is 7.89. The summed E-state index contributed by atoms with van der Waals surface area (Å²) < 4.78 is 38.6. The van der Waals surface area contributed by atoms with E-state index in [-0.39, 0.29) is 34.2 Å². The first-order valence-corrected chi connectivity index (χ1v) is 11.7. The van der Waals surface area contributed by atoms with Crippen molar-refractivity contribution in [1.82, 2.24) is 8.87 Å². The molecule has 0 unspecified atom stereocenters. The Morgan fingerprint density at radius 1 is 1.06 bits per heavy atom. The number of halogens is 2. The minimum Gasteiger partial charge on any atom is -0.426 e. The van der Waals surface area contributed by atoms with Gasteiger partial charge in [0.05, 0.1) is 26.9 Å². The Morgan fingerprint density at radius 2 is 1.81 bits per heavy atom. The van der Waals surface area contributed by atoms with Crippen molar-refractivity contribution < 1.29 is 22.4 Å². The van der Waals surface area contributed by atoms with Gasteiger partial charge in [0.2, 0.25) is 10.0 Å². The molecule has 0 aliphatic carbocycles. The lowest BCUT2D eigenvalue weighted by Crippen LogP contribution is -2.27. The van der Waals surface area contributed by atoms with E-state index in [2.05, 4.69) is 0 Å². The summed E-state index contributed by atoms with van der Waals surface area (Å²) in [4.78, 5) is 24.5. The van der Waals surface area contributed by atoms with Crippen LogP contribution in [0.25, 0.3) is 11.1 Å². The highest BCUT2D eigenvalue weighted by atomic mass is 35.5. The number of hydrogen-bond donors (Lipinski definition) is 0. The van der Waals surface area contributed by atoms with E-state index in [1.54, 1.807) is 0 Å². The molecule has 1 aliphatic heterocycles. The van der Waals surface area contributed by atoms with Crippen molar-refractivity contribution in [3.8, 4) is 5.75 Å². The topological polar surface area (TPSA) is 98.8 Å². The Hall–Kier alpha value is -2.33. The average Bonchev–Trinajstić information content (AvgIpc) is 3.37. The molecule has 11 heteroatoms. The Bertz CT molecular complexity index is 1310. The van der Waals surface area contributed by atoms with E-state index in [0.29, 0.717) is 23.6 Å². The molecule has 0 N–H and O–H groups in total. The van der Waals surface area contributed by atoms with E-state index >= 15 is 0 Å². The lowest BCUT2D eigenvalue weighted by molar-refractivity contribution is -0.134. The quantitative estimate of drug-likeness (QED) is 0.390. The molecule has 0 amide bonds. The molecule has 164 valence electrons. The van der Waals surface area contributed by atoms with Crippen LogP contribution in [-0.2, 0) is 21.4 Å². The van der Waals surface area contributed by atoms with Crippen LogP contribution >= 0.6 is 23.2 Å². The second kappa shape index (κ2) is 8.66. The van der Waals surface area contributed by atoms with Gasteiger partial charge in [0.1, 0.15) is 5.75 Å². The maximum absolute atomic E-state index is 12.7. The van der Waals surface area contributed by atoms with Crippen molar-refractivity contribution in [3.05, 3.63) is 57.0 Å². The summed E-state index contributed by atoms with van der Waals surface area (Å²) >= 11 is 11.7. The monoisotopic (exact) mass is 484 g/mol. The fourth-order valence-electron chi connectivity index (χ4n) is 3.42. The fourth-order valence-corrected chi connectivity index (χ4v) is 5.24. The number of carbonyl (C=O) groups excluding carboxylic acids is 1. The number of ether oxygens (including phenoxy) is 1. The van der Waals surface area contributed by atoms with Gasteiger partial charge in [-0.05, 0) is 37.1 Å². The third-order valence-corrected chi connectivity index (χ3v) is 7.64. The Balaban J connectivity index is 1.50. The molecule has 1 saturated heterocycles. The maximum Gasteiger partial charge on any atom is 0.419 e. The predicted molar refractivity (Wildman–Crippen MR) is 115 cm³/mol. The Kier molecular flexibility index (Phi) is 6.11. The van der Waals surface area contributed by atoms with Crippen LogP contribution in [0, 0.1) is 0 Å². The van der Waals surface area contributed by atoms with E-state index in [0.717, 1.165) is 12.8 Å². The van der Waals surface area contributed by atoms with E-state index in [1.807, 2.05) is 0 Å². The van der Waals surface area contributed by atoms with Gasteiger partial charge in [-0.25, -0.2) is 13.2 Å². The van der Waals surface area contributed by atoms with Gasteiger partial charge in [-0.2, -0.15) is 4.31 Å². The molecule has 2 aromatic carbocycles. The molecule has 0 spiro atoms. The number of fused-ring (bicyclic) bond motifs is 1. The van der Waals surface area contributed by atoms with Crippen molar-refractivity contribution >= 4 is 50.3 Å². The molecule has 31 heavy (non-hydrogen) atoms. The van der Waals surface area contributed by atoms with Crippen molar-refractivity contribution in [2.45, 2.75) is 30.7 Å². The largest absolute Gasteiger partial charge is 0.426 e. The number of nitrogens with zero attached hydrogens (tertiary/aromatic N) is 2. The summed E-state index contributed by atoms with van der Waals surface area (Å²) in [6.45, 7) is 0.961. The van der Waals surface area contributed by atoms with Crippen LogP contribution in [0.4, 0.5) is 0 Å². The SMILES string of the molecule is O=C(CCn1c(=O)oc2cc(S(=O)(=O)N3CCCC3)ccc21)Oc1ccc(Cl)c(Cl)c1. The molecule has 0 atom stereocenters. The third kappa shape index (κ3) is 4.50. The predicted octanol–water partition coefficient (Wildman–Crippen LogP) is 3.68. The van der Waals surface area contributed by atoms with Crippen molar-refractivity contribution in [3.63, 3.8) is 0 Å². The van der Waals surface area contributed by atoms with Crippen molar-refractivity contribution in [1.29, 1.82) is 0 Å². The van der Waals surface area contributed by atoms with Crippen LogP contribution in [0.1, 0.15) is 19.3 Å². The molecule has 8 nitrogen and oxygen atoms in total. The number of carbonyl (C=O) groups is 1. The molecule has 0 saturated carbocycles. The van der Waals surface area contributed by atoms with Gasteiger partial charge >= 0.3 is 11.7 Å². The first kappa shape index (κ1) is 21.9. The van der Waals surface area contributed by atoms with Gasteiger partial charge < -0.3 is 9.15 Å². The summed E-state index contributed by atoms with van der Waals surface area (Å²) in [5, 5.41) is 0.590. The minimum absolute atomic E-state index is 0.00418. The normalized spacial score (nSPS) is 14.9. The maximum atomic E-state index is 12.7. The van der Waals surface area contributed by atoms with E-state index in [1.165, 1.54) is 45.3 Å². The molecular weight excluding hydrogens is 467 g/mol. The first-order valence-electron chi connectivity index (χ1n) is 9.55. The zero-order valence-electron chi connectivity index (χ0n) is 16.2. The lowest BCUT2D eigenvalue weighted by Gasteiger charge is -2.15. The van der Waals surface area contributed by atoms with Gasteiger partial charge in [-0.15, -0.1) is 0 Å². The molecule has 1 aliphatic rings. The number of hydrogen-bond acceptors (Lipinski definition) is 6. The van der Waals surface area contributed by atoms with Crippen LogP contribution in [0.3, 0.4) is 0 Å². The number of sulfonamides is 1.